The molecule has 0 atom stereocenters. The molecular weight excluding hydrogens is 396 g/mol. The fraction of sp³-hybridized carbons (Fsp3) is 0.250. The van der Waals surface area contributed by atoms with Crippen molar-refractivity contribution in [2.75, 3.05) is 20.8 Å². The monoisotopic (exact) mass is 414 g/mol. The summed E-state index contributed by atoms with van der Waals surface area (Å²) in [5.74, 6) is 1.09. The molecule has 0 radical (unpaired) electrons. The normalized spacial score (nSPS) is 13.6. The minimum atomic E-state index is -0.0580. The Morgan fingerprint density at radius 2 is 2.00 bits per heavy atom. The van der Waals surface area contributed by atoms with Crippen LogP contribution in [0.3, 0.4) is 0 Å². The van der Waals surface area contributed by atoms with Crippen LogP contribution in [-0.4, -0.2) is 36.6 Å². The molecule has 0 spiro atoms. The van der Waals surface area contributed by atoms with E-state index in [2.05, 4.69) is 33.0 Å². The van der Waals surface area contributed by atoms with Crippen molar-refractivity contribution in [1.29, 1.82) is 0 Å². The molecule has 6 heteroatoms. The number of aromatic amines is 1. The van der Waals surface area contributed by atoms with Gasteiger partial charge in [0, 0.05) is 41.7 Å². The van der Waals surface area contributed by atoms with E-state index in [1.807, 2.05) is 17.0 Å². The lowest BCUT2D eigenvalue weighted by Gasteiger charge is -2.28. The first-order valence-corrected chi connectivity index (χ1v) is 9.21. The zero-order valence-corrected chi connectivity index (χ0v) is 16.2. The van der Waals surface area contributed by atoms with Gasteiger partial charge in [-0.25, -0.2) is 0 Å². The van der Waals surface area contributed by atoms with Crippen LogP contribution in [0.1, 0.15) is 21.6 Å². The van der Waals surface area contributed by atoms with Crippen molar-refractivity contribution in [3.63, 3.8) is 0 Å². The molecule has 134 valence electrons. The molecule has 1 aliphatic heterocycles. The number of fused-ring (bicyclic) bond motifs is 3. The molecule has 0 saturated carbocycles. The second kappa shape index (κ2) is 6.68. The van der Waals surface area contributed by atoms with E-state index in [1.54, 1.807) is 26.4 Å². The van der Waals surface area contributed by atoms with Crippen molar-refractivity contribution >= 4 is 32.7 Å². The van der Waals surface area contributed by atoms with Crippen LogP contribution in [0.15, 0.2) is 40.9 Å². The van der Waals surface area contributed by atoms with Gasteiger partial charge in [-0.1, -0.05) is 18.2 Å². The van der Waals surface area contributed by atoms with Gasteiger partial charge in [0.25, 0.3) is 5.91 Å². The molecule has 2 heterocycles. The molecule has 5 nitrogen and oxygen atoms in total. The number of halogens is 1. The first-order chi connectivity index (χ1) is 12.6. The van der Waals surface area contributed by atoms with Gasteiger partial charge in [0.2, 0.25) is 0 Å². The van der Waals surface area contributed by atoms with Crippen molar-refractivity contribution < 1.29 is 14.3 Å². The SMILES string of the molecule is COc1cc(Br)c(OC)c(C(=O)N2CCc3[nH]c4ccccc4c3C2)c1. The summed E-state index contributed by atoms with van der Waals surface area (Å²) in [5.41, 5.74) is 4.03. The second-order valence-corrected chi connectivity index (χ2v) is 7.15. The summed E-state index contributed by atoms with van der Waals surface area (Å²) in [5, 5.41) is 1.18. The average molecular weight is 415 g/mol. The maximum absolute atomic E-state index is 13.2. The predicted octanol–water partition coefficient (Wildman–Crippen LogP) is 4.15. The van der Waals surface area contributed by atoms with E-state index in [4.69, 9.17) is 9.47 Å². The summed E-state index contributed by atoms with van der Waals surface area (Å²) in [7, 11) is 3.15. The first-order valence-electron chi connectivity index (χ1n) is 8.41. The van der Waals surface area contributed by atoms with Crippen LogP contribution in [0.4, 0.5) is 0 Å². The Hall–Kier alpha value is -2.47. The number of carbonyl (C=O) groups excluding carboxylic acids is 1. The third-order valence-corrected chi connectivity index (χ3v) is 5.45. The van der Waals surface area contributed by atoms with Crippen LogP contribution in [0.2, 0.25) is 0 Å². The van der Waals surface area contributed by atoms with E-state index < -0.39 is 0 Å². The van der Waals surface area contributed by atoms with E-state index in [0.717, 1.165) is 11.9 Å². The quantitative estimate of drug-likeness (QED) is 0.700. The molecule has 2 aromatic carbocycles. The molecule has 1 aliphatic rings. The smallest absolute Gasteiger partial charge is 0.258 e. The summed E-state index contributed by atoms with van der Waals surface area (Å²) in [4.78, 5) is 18.6. The third-order valence-electron chi connectivity index (χ3n) is 4.86. The number of nitrogens with one attached hydrogen (secondary N) is 1. The van der Waals surface area contributed by atoms with E-state index in [0.29, 0.717) is 34.6 Å². The summed E-state index contributed by atoms with van der Waals surface area (Å²) in [6.45, 7) is 1.24. The molecule has 0 bridgehead atoms. The van der Waals surface area contributed by atoms with Gasteiger partial charge in [0.05, 0.1) is 24.3 Å². The maximum atomic E-state index is 13.2. The maximum Gasteiger partial charge on any atom is 0.258 e. The molecule has 0 aliphatic carbocycles. The molecule has 0 fully saturated rings. The minimum Gasteiger partial charge on any atom is -0.497 e. The highest BCUT2D eigenvalue weighted by Crippen LogP contribution is 2.35. The van der Waals surface area contributed by atoms with Gasteiger partial charge < -0.3 is 19.4 Å². The lowest BCUT2D eigenvalue weighted by molar-refractivity contribution is 0.0731. The van der Waals surface area contributed by atoms with E-state index in [9.17, 15) is 4.79 Å². The Kier molecular flexibility index (Phi) is 4.36. The van der Waals surface area contributed by atoms with Gasteiger partial charge in [-0.15, -0.1) is 0 Å². The van der Waals surface area contributed by atoms with Crippen molar-refractivity contribution in [2.45, 2.75) is 13.0 Å². The fourth-order valence-electron chi connectivity index (χ4n) is 3.56. The van der Waals surface area contributed by atoms with Crippen molar-refractivity contribution in [1.82, 2.24) is 9.88 Å². The molecule has 1 aromatic heterocycles. The molecule has 26 heavy (non-hydrogen) atoms. The summed E-state index contributed by atoms with van der Waals surface area (Å²) < 4.78 is 11.5. The number of para-hydroxylation sites is 1. The Bertz CT molecular complexity index is 996. The predicted molar refractivity (Wildman–Crippen MR) is 104 cm³/mol. The largest absolute Gasteiger partial charge is 0.497 e. The van der Waals surface area contributed by atoms with Crippen LogP contribution >= 0.6 is 15.9 Å². The highest BCUT2D eigenvalue weighted by Gasteiger charge is 2.27. The Morgan fingerprint density at radius 3 is 2.77 bits per heavy atom. The standard InChI is InChI=1S/C20H19BrN2O3/c1-25-12-9-14(19(26-2)16(21)10-12)20(24)23-8-7-18-15(11-23)13-5-3-4-6-17(13)22-18/h3-6,9-10,22H,7-8,11H2,1-2H3. The van der Waals surface area contributed by atoms with Gasteiger partial charge in [0.1, 0.15) is 11.5 Å². The number of hydrogen-bond acceptors (Lipinski definition) is 3. The lowest BCUT2D eigenvalue weighted by Crippen LogP contribution is -2.36. The highest BCUT2D eigenvalue weighted by atomic mass is 79.9. The number of methoxy groups -OCH3 is 2. The summed E-state index contributed by atoms with van der Waals surface area (Å²) in [6, 6.07) is 11.7. The van der Waals surface area contributed by atoms with Crippen LogP contribution in [0.25, 0.3) is 10.9 Å². The van der Waals surface area contributed by atoms with E-state index in [-0.39, 0.29) is 5.91 Å². The fourth-order valence-corrected chi connectivity index (χ4v) is 4.16. The highest BCUT2D eigenvalue weighted by molar-refractivity contribution is 9.10. The summed E-state index contributed by atoms with van der Waals surface area (Å²) in [6.07, 6.45) is 0.809. The van der Waals surface area contributed by atoms with Gasteiger partial charge in [-0.3, -0.25) is 4.79 Å². The lowest BCUT2D eigenvalue weighted by atomic mass is 10.0. The van der Waals surface area contributed by atoms with Gasteiger partial charge in [-0.05, 0) is 34.1 Å². The molecule has 3 aromatic rings. The number of benzene rings is 2. The first kappa shape index (κ1) is 17.0. The molecular formula is C20H19BrN2O3. The Labute approximate surface area is 160 Å². The van der Waals surface area contributed by atoms with Crippen LogP contribution < -0.4 is 9.47 Å². The number of nitrogens with zero attached hydrogens (tertiary/aromatic N) is 1. The summed E-state index contributed by atoms with van der Waals surface area (Å²) >= 11 is 3.46. The van der Waals surface area contributed by atoms with E-state index in [1.165, 1.54) is 16.6 Å². The van der Waals surface area contributed by atoms with Crippen molar-refractivity contribution in [3.8, 4) is 11.5 Å². The number of carbonyl (C=O) groups is 1. The third kappa shape index (κ3) is 2.74. The van der Waals surface area contributed by atoms with Crippen LogP contribution in [-0.2, 0) is 13.0 Å². The average Bonchev–Trinajstić information content (AvgIpc) is 3.04. The van der Waals surface area contributed by atoms with Crippen LogP contribution in [0.5, 0.6) is 11.5 Å². The van der Waals surface area contributed by atoms with E-state index >= 15 is 0 Å². The molecule has 4 rings (SSSR count). The molecule has 1 N–H and O–H groups in total. The number of hydrogen-bond donors (Lipinski definition) is 1. The number of H-pyrrole nitrogens is 1. The second-order valence-electron chi connectivity index (χ2n) is 6.29. The molecule has 1 amide bonds. The van der Waals surface area contributed by atoms with Crippen molar-refractivity contribution in [2.24, 2.45) is 0 Å². The van der Waals surface area contributed by atoms with Gasteiger partial charge >= 0.3 is 0 Å². The minimum absolute atomic E-state index is 0.0580. The van der Waals surface area contributed by atoms with Crippen LogP contribution in [0, 0.1) is 0 Å². The van der Waals surface area contributed by atoms with Crippen molar-refractivity contribution in [3.05, 3.63) is 57.7 Å². The van der Waals surface area contributed by atoms with Gasteiger partial charge in [-0.2, -0.15) is 0 Å². The Morgan fingerprint density at radius 1 is 1.19 bits per heavy atom. The molecule has 0 saturated heterocycles. The van der Waals surface area contributed by atoms with Gasteiger partial charge in [0.15, 0.2) is 0 Å². The number of rotatable bonds is 3. The molecule has 0 unspecified atom stereocenters. The number of amides is 1. The number of ether oxygens (including phenoxy) is 2. The zero-order valence-electron chi connectivity index (χ0n) is 14.6. The zero-order chi connectivity index (χ0) is 18.3. The number of aromatic nitrogens is 1. The topological polar surface area (TPSA) is 54.6 Å². The Balaban J connectivity index is 1.71.